The Balaban J connectivity index is 1.57. The molecule has 3 atom stereocenters. The Kier molecular flexibility index (Phi) is 4.08. The van der Waals surface area contributed by atoms with Gasteiger partial charge in [0, 0.05) is 23.2 Å². The summed E-state index contributed by atoms with van der Waals surface area (Å²) in [5.41, 5.74) is 0.803. The standard InChI is InChI=1S/C16H22ClNO2/c1-20-15-7-14(17)6-13(16(15)19)9-18-8-12-5-10-2-3-11(12)4-10/h6-7,10-12,18-19H,2-5,8-9H2,1H3. The highest BCUT2D eigenvalue weighted by atomic mass is 35.5. The van der Waals surface area contributed by atoms with Gasteiger partial charge in [-0.05, 0) is 49.6 Å². The van der Waals surface area contributed by atoms with Crippen molar-refractivity contribution >= 4 is 11.6 Å². The Morgan fingerprint density at radius 3 is 2.85 bits per heavy atom. The van der Waals surface area contributed by atoms with E-state index in [0.29, 0.717) is 17.3 Å². The third kappa shape index (κ3) is 2.75. The number of phenols is 1. The first-order valence-electron chi connectivity index (χ1n) is 7.43. The van der Waals surface area contributed by atoms with E-state index in [1.807, 2.05) is 0 Å². The molecule has 0 spiro atoms. The maximum atomic E-state index is 10.1. The molecule has 20 heavy (non-hydrogen) atoms. The van der Waals surface area contributed by atoms with Gasteiger partial charge in [0.05, 0.1) is 7.11 Å². The zero-order valence-electron chi connectivity index (χ0n) is 11.9. The lowest BCUT2D eigenvalue weighted by atomic mass is 9.89. The van der Waals surface area contributed by atoms with Crippen LogP contribution in [0.5, 0.6) is 11.5 Å². The normalized spacial score (nSPS) is 28.0. The zero-order chi connectivity index (χ0) is 14.1. The molecule has 2 aliphatic rings. The topological polar surface area (TPSA) is 41.5 Å². The van der Waals surface area contributed by atoms with Gasteiger partial charge in [-0.25, -0.2) is 0 Å². The van der Waals surface area contributed by atoms with Crippen molar-refractivity contribution in [2.45, 2.75) is 32.2 Å². The number of hydrogen-bond donors (Lipinski definition) is 2. The fourth-order valence-electron chi connectivity index (χ4n) is 3.94. The maximum absolute atomic E-state index is 10.1. The van der Waals surface area contributed by atoms with Gasteiger partial charge in [-0.1, -0.05) is 18.0 Å². The molecule has 2 aliphatic carbocycles. The molecule has 0 aliphatic heterocycles. The van der Waals surface area contributed by atoms with Crippen molar-refractivity contribution in [1.82, 2.24) is 5.32 Å². The highest BCUT2D eigenvalue weighted by molar-refractivity contribution is 6.30. The van der Waals surface area contributed by atoms with Crippen LogP contribution in [0.2, 0.25) is 5.02 Å². The summed E-state index contributed by atoms with van der Waals surface area (Å²) in [4.78, 5) is 0. The smallest absolute Gasteiger partial charge is 0.162 e. The molecule has 3 nitrogen and oxygen atoms in total. The number of hydrogen-bond acceptors (Lipinski definition) is 3. The van der Waals surface area contributed by atoms with Gasteiger partial charge < -0.3 is 15.2 Å². The molecular weight excluding hydrogens is 274 g/mol. The van der Waals surface area contributed by atoms with Crippen molar-refractivity contribution < 1.29 is 9.84 Å². The quantitative estimate of drug-likeness (QED) is 0.872. The number of nitrogens with one attached hydrogen (secondary N) is 1. The van der Waals surface area contributed by atoms with Gasteiger partial charge in [0.2, 0.25) is 0 Å². The van der Waals surface area contributed by atoms with Crippen molar-refractivity contribution in [3.63, 3.8) is 0 Å². The van der Waals surface area contributed by atoms with Crippen LogP contribution < -0.4 is 10.1 Å². The first-order valence-corrected chi connectivity index (χ1v) is 7.81. The van der Waals surface area contributed by atoms with E-state index in [0.717, 1.165) is 29.9 Å². The second-order valence-electron chi connectivity index (χ2n) is 6.18. The van der Waals surface area contributed by atoms with Crippen LogP contribution in [0.25, 0.3) is 0 Å². The summed E-state index contributed by atoms with van der Waals surface area (Å²) in [6, 6.07) is 3.43. The Morgan fingerprint density at radius 1 is 1.35 bits per heavy atom. The predicted octanol–water partition coefficient (Wildman–Crippen LogP) is 3.58. The van der Waals surface area contributed by atoms with Crippen LogP contribution in [0.3, 0.4) is 0 Å². The zero-order valence-corrected chi connectivity index (χ0v) is 12.6. The third-order valence-corrected chi connectivity index (χ3v) is 5.16. The van der Waals surface area contributed by atoms with E-state index in [1.54, 1.807) is 12.1 Å². The molecule has 2 N–H and O–H groups in total. The third-order valence-electron chi connectivity index (χ3n) is 4.95. The first kappa shape index (κ1) is 14.0. The van der Waals surface area contributed by atoms with Crippen LogP contribution in [0, 0.1) is 17.8 Å². The van der Waals surface area contributed by atoms with E-state index >= 15 is 0 Å². The van der Waals surface area contributed by atoms with Crippen molar-refractivity contribution in [1.29, 1.82) is 0 Å². The number of halogens is 1. The van der Waals surface area contributed by atoms with Crippen LogP contribution in [-0.4, -0.2) is 18.8 Å². The largest absolute Gasteiger partial charge is 0.504 e. The average Bonchev–Trinajstić information content (AvgIpc) is 3.04. The Morgan fingerprint density at radius 2 is 2.20 bits per heavy atom. The summed E-state index contributed by atoms with van der Waals surface area (Å²) >= 11 is 6.04. The number of methoxy groups -OCH3 is 1. The molecule has 2 bridgehead atoms. The highest BCUT2D eigenvalue weighted by Crippen LogP contribution is 2.48. The van der Waals surface area contributed by atoms with Gasteiger partial charge in [0.1, 0.15) is 0 Å². The van der Waals surface area contributed by atoms with Crippen molar-refractivity contribution in [2.24, 2.45) is 17.8 Å². The number of ether oxygens (including phenoxy) is 1. The molecule has 0 amide bonds. The molecule has 4 heteroatoms. The molecule has 3 rings (SSSR count). The number of fused-ring (bicyclic) bond motifs is 2. The van der Waals surface area contributed by atoms with Gasteiger partial charge in [-0.3, -0.25) is 0 Å². The summed E-state index contributed by atoms with van der Waals surface area (Å²) in [6.07, 6.45) is 5.66. The van der Waals surface area contributed by atoms with Crippen LogP contribution >= 0.6 is 11.6 Å². The molecule has 110 valence electrons. The first-order chi connectivity index (χ1) is 9.67. The molecule has 1 aromatic rings. The van der Waals surface area contributed by atoms with E-state index in [9.17, 15) is 5.11 Å². The lowest BCUT2D eigenvalue weighted by Crippen LogP contribution is -2.26. The number of rotatable bonds is 5. The van der Waals surface area contributed by atoms with E-state index in [2.05, 4.69) is 5.32 Å². The predicted molar refractivity (Wildman–Crippen MR) is 80.3 cm³/mol. The van der Waals surface area contributed by atoms with Crippen molar-refractivity contribution in [2.75, 3.05) is 13.7 Å². The fourth-order valence-corrected chi connectivity index (χ4v) is 4.17. The minimum absolute atomic E-state index is 0.192. The molecular formula is C16H22ClNO2. The molecule has 2 fully saturated rings. The van der Waals surface area contributed by atoms with Crippen LogP contribution in [0.15, 0.2) is 12.1 Å². The van der Waals surface area contributed by atoms with Gasteiger partial charge in [0.15, 0.2) is 11.5 Å². The molecule has 0 aromatic heterocycles. The van der Waals surface area contributed by atoms with E-state index < -0.39 is 0 Å². The number of phenolic OH excluding ortho intramolecular Hbond substituents is 1. The fraction of sp³-hybridized carbons (Fsp3) is 0.625. The maximum Gasteiger partial charge on any atom is 0.162 e. The lowest BCUT2D eigenvalue weighted by molar-refractivity contribution is 0.317. The molecule has 0 heterocycles. The molecule has 3 unspecified atom stereocenters. The van der Waals surface area contributed by atoms with Gasteiger partial charge in [-0.15, -0.1) is 0 Å². The van der Waals surface area contributed by atoms with Crippen LogP contribution in [0.4, 0.5) is 0 Å². The highest BCUT2D eigenvalue weighted by Gasteiger charge is 2.38. The van der Waals surface area contributed by atoms with Gasteiger partial charge >= 0.3 is 0 Å². The second kappa shape index (κ2) is 5.82. The number of aromatic hydroxyl groups is 1. The Hall–Kier alpha value is -0.930. The summed E-state index contributed by atoms with van der Waals surface area (Å²) in [5, 5.41) is 14.2. The summed E-state index contributed by atoms with van der Waals surface area (Å²) < 4.78 is 5.12. The second-order valence-corrected chi connectivity index (χ2v) is 6.62. The molecule has 0 radical (unpaired) electrons. The molecule has 2 saturated carbocycles. The number of benzene rings is 1. The van der Waals surface area contributed by atoms with Crippen LogP contribution in [0.1, 0.15) is 31.2 Å². The van der Waals surface area contributed by atoms with Gasteiger partial charge in [0.25, 0.3) is 0 Å². The van der Waals surface area contributed by atoms with Crippen molar-refractivity contribution in [3.8, 4) is 11.5 Å². The Bertz CT molecular complexity index is 492. The van der Waals surface area contributed by atoms with Crippen molar-refractivity contribution in [3.05, 3.63) is 22.7 Å². The van der Waals surface area contributed by atoms with Gasteiger partial charge in [-0.2, -0.15) is 0 Å². The minimum Gasteiger partial charge on any atom is -0.504 e. The van der Waals surface area contributed by atoms with E-state index in [-0.39, 0.29) is 5.75 Å². The summed E-state index contributed by atoms with van der Waals surface area (Å²) in [5.74, 6) is 3.35. The van der Waals surface area contributed by atoms with E-state index in [1.165, 1.54) is 32.8 Å². The van der Waals surface area contributed by atoms with Crippen LogP contribution in [-0.2, 0) is 6.54 Å². The average molecular weight is 296 g/mol. The summed E-state index contributed by atoms with van der Waals surface area (Å²) in [7, 11) is 1.54. The summed E-state index contributed by atoms with van der Waals surface area (Å²) in [6.45, 7) is 1.67. The molecule has 0 saturated heterocycles. The SMILES string of the molecule is COc1cc(Cl)cc(CNCC2CC3CCC2C3)c1O. The monoisotopic (exact) mass is 295 g/mol. The lowest BCUT2D eigenvalue weighted by Gasteiger charge is -2.22. The Labute approximate surface area is 125 Å². The van der Waals surface area contributed by atoms with E-state index in [4.69, 9.17) is 16.3 Å². The molecule has 1 aromatic carbocycles. The minimum atomic E-state index is 0.192.